The molecular weight excluding hydrogens is 290 g/mol. The summed E-state index contributed by atoms with van der Waals surface area (Å²) in [5, 5.41) is 3.77. The highest BCUT2D eigenvalue weighted by molar-refractivity contribution is 6.32. The molecule has 2 rings (SSSR count). The number of hydrogen-bond donors (Lipinski definition) is 1. The minimum atomic E-state index is -0.237. The number of esters is 1. The van der Waals surface area contributed by atoms with Crippen molar-refractivity contribution >= 4 is 17.6 Å². The molecule has 21 heavy (non-hydrogen) atoms. The van der Waals surface area contributed by atoms with Gasteiger partial charge < -0.3 is 14.8 Å². The lowest BCUT2D eigenvalue weighted by molar-refractivity contribution is -0.143. The number of nitrogens with one attached hydrogen (secondary N) is 1. The van der Waals surface area contributed by atoms with Crippen LogP contribution >= 0.6 is 11.6 Å². The molecule has 1 N–H and O–H groups in total. The molecule has 1 atom stereocenters. The van der Waals surface area contributed by atoms with Gasteiger partial charge in [0.2, 0.25) is 0 Å². The van der Waals surface area contributed by atoms with Gasteiger partial charge in [0.25, 0.3) is 0 Å². The Balaban J connectivity index is 1.82. The molecular formula is C16H20ClNO3. The Bertz CT molecular complexity index is 498. The second-order valence-corrected chi connectivity index (χ2v) is 5.42. The van der Waals surface area contributed by atoms with E-state index in [-0.39, 0.29) is 12.4 Å². The highest BCUT2D eigenvalue weighted by Gasteiger charge is 2.16. The van der Waals surface area contributed by atoms with Crippen molar-refractivity contribution in [2.24, 2.45) is 0 Å². The molecule has 0 aromatic heterocycles. The van der Waals surface area contributed by atoms with Crippen LogP contribution in [-0.4, -0.2) is 31.8 Å². The monoisotopic (exact) mass is 309 g/mol. The Hall–Kier alpha value is -1.52. The fourth-order valence-electron chi connectivity index (χ4n) is 2.23. The standard InChI is InChI=1S/C16H20ClNO3/c1-2-8-20-15-6-5-12(9-14(15)17)10-16(19)21-11-13-4-3-7-18-13/h2,5-6,9,13,18H,1,3-4,7-8,10-11H2. The van der Waals surface area contributed by atoms with E-state index in [9.17, 15) is 4.79 Å². The molecule has 0 saturated carbocycles. The van der Waals surface area contributed by atoms with Crippen molar-refractivity contribution in [3.8, 4) is 5.75 Å². The van der Waals surface area contributed by atoms with E-state index in [1.54, 1.807) is 18.2 Å². The van der Waals surface area contributed by atoms with E-state index in [0.717, 1.165) is 24.9 Å². The van der Waals surface area contributed by atoms with E-state index >= 15 is 0 Å². The molecule has 1 aromatic rings. The van der Waals surface area contributed by atoms with E-state index in [1.165, 1.54) is 0 Å². The van der Waals surface area contributed by atoms with E-state index in [0.29, 0.717) is 30.0 Å². The van der Waals surface area contributed by atoms with Gasteiger partial charge in [0, 0.05) is 6.04 Å². The van der Waals surface area contributed by atoms with Crippen molar-refractivity contribution < 1.29 is 14.3 Å². The van der Waals surface area contributed by atoms with E-state index in [4.69, 9.17) is 21.1 Å². The summed E-state index contributed by atoms with van der Waals surface area (Å²) >= 11 is 6.11. The summed E-state index contributed by atoms with van der Waals surface area (Å²) in [6, 6.07) is 5.61. The Morgan fingerprint density at radius 2 is 2.38 bits per heavy atom. The predicted molar refractivity (Wildman–Crippen MR) is 82.8 cm³/mol. The summed E-state index contributed by atoms with van der Waals surface area (Å²) in [5.74, 6) is 0.350. The zero-order valence-corrected chi connectivity index (χ0v) is 12.7. The van der Waals surface area contributed by atoms with Gasteiger partial charge in [-0.25, -0.2) is 0 Å². The Labute approximate surface area is 130 Å². The van der Waals surface area contributed by atoms with Gasteiger partial charge in [0.15, 0.2) is 0 Å². The van der Waals surface area contributed by atoms with Crippen LogP contribution in [0.5, 0.6) is 5.75 Å². The maximum atomic E-state index is 11.8. The molecule has 1 aromatic carbocycles. The molecule has 1 aliphatic heterocycles. The molecule has 1 aliphatic rings. The average Bonchev–Trinajstić information content (AvgIpc) is 2.98. The number of carbonyl (C=O) groups excluding carboxylic acids is 1. The first-order valence-electron chi connectivity index (χ1n) is 7.10. The largest absolute Gasteiger partial charge is 0.488 e. The molecule has 1 heterocycles. The first kappa shape index (κ1) is 15.9. The van der Waals surface area contributed by atoms with Crippen LogP contribution in [0.15, 0.2) is 30.9 Å². The second-order valence-electron chi connectivity index (χ2n) is 5.02. The van der Waals surface area contributed by atoms with Crippen LogP contribution in [-0.2, 0) is 16.0 Å². The number of carbonyl (C=O) groups is 1. The first-order valence-corrected chi connectivity index (χ1v) is 7.48. The fourth-order valence-corrected chi connectivity index (χ4v) is 2.49. The summed E-state index contributed by atoms with van der Waals surface area (Å²) in [6.07, 6.45) is 4.07. The third-order valence-electron chi connectivity index (χ3n) is 3.31. The highest BCUT2D eigenvalue weighted by Crippen LogP contribution is 2.25. The Morgan fingerprint density at radius 1 is 1.52 bits per heavy atom. The minimum Gasteiger partial charge on any atom is -0.488 e. The number of benzene rings is 1. The second kappa shape index (κ2) is 8.05. The van der Waals surface area contributed by atoms with E-state index in [1.807, 2.05) is 6.07 Å². The summed E-state index contributed by atoms with van der Waals surface area (Å²) in [6.45, 7) is 5.42. The summed E-state index contributed by atoms with van der Waals surface area (Å²) < 4.78 is 10.7. The molecule has 0 aliphatic carbocycles. The van der Waals surface area contributed by atoms with Crippen LogP contribution < -0.4 is 10.1 Å². The molecule has 1 saturated heterocycles. The molecule has 0 amide bonds. The van der Waals surface area contributed by atoms with Crippen LogP contribution in [0.25, 0.3) is 0 Å². The van der Waals surface area contributed by atoms with Gasteiger partial charge in [-0.2, -0.15) is 0 Å². The zero-order chi connectivity index (χ0) is 15.1. The molecule has 0 spiro atoms. The normalized spacial score (nSPS) is 17.5. The van der Waals surface area contributed by atoms with Gasteiger partial charge in [-0.05, 0) is 37.1 Å². The predicted octanol–water partition coefficient (Wildman–Crippen LogP) is 2.74. The van der Waals surface area contributed by atoms with Gasteiger partial charge in [0.1, 0.15) is 19.0 Å². The zero-order valence-electron chi connectivity index (χ0n) is 11.9. The van der Waals surface area contributed by atoms with E-state index in [2.05, 4.69) is 11.9 Å². The number of hydrogen-bond acceptors (Lipinski definition) is 4. The van der Waals surface area contributed by atoms with Crippen molar-refractivity contribution in [3.63, 3.8) is 0 Å². The van der Waals surface area contributed by atoms with Crippen LogP contribution in [0.1, 0.15) is 18.4 Å². The molecule has 114 valence electrons. The van der Waals surface area contributed by atoms with Gasteiger partial charge in [-0.3, -0.25) is 4.79 Å². The Kier molecular flexibility index (Phi) is 6.08. The minimum absolute atomic E-state index is 0.216. The maximum Gasteiger partial charge on any atom is 0.310 e. The Morgan fingerprint density at radius 3 is 3.05 bits per heavy atom. The highest BCUT2D eigenvalue weighted by atomic mass is 35.5. The first-order chi connectivity index (χ1) is 10.2. The fraction of sp³-hybridized carbons (Fsp3) is 0.438. The van der Waals surface area contributed by atoms with Crippen LogP contribution in [0, 0.1) is 0 Å². The van der Waals surface area contributed by atoms with Gasteiger partial charge in [-0.1, -0.05) is 30.3 Å². The van der Waals surface area contributed by atoms with Crippen molar-refractivity contribution in [2.75, 3.05) is 19.8 Å². The van der Waals surface area contributed by atoms with Gasteiger partial charge in [-0.15, -0.1) is 0 Å². The molecule has 0 bridgehead atoms. The van der Waals surface area contributed by atoms with Crippen LogP contribution in [0.2, 0.25) is 5.02 Å². The van der Waals surface area contributed by atoms with Crippen molar-refractivity contribution in [3.05, 3.63) is 41.4 Å². The molecule has 1 fully saturated rings. The third-order valence-corrected chi connectivity index (χ3v) is 3.60. The lowest BCUT2D eigenvalue weighted by Crippen LogP contribution is -2.28. The third kappa shape index (κ3) is 5.06. The van der Waals surface area contributed by atoms with Crippen molar-refractivity contribution in [2.45, 2.75) is 25.3 Å². The molecule has 0 radical (unpaired) electrons. The lowest BCUT2D eigenvalue weighted by atomic mass is 10.1. The number of halogens is 1. The van der Waals surface area contributed by atoms with Crippen LogP contribution in [0.3, 0.4) is 0 Å². The molecule has 4 nitrogen and oxygen atoms in total. The van der Waals surface area contributed by atoms with Crippen molar-refractivity contribution in [1.82, 2.24) is 5.32 Å². The molecule has 1 unspecified atom stereocenters. The van der Waals surface area contributed by atoms with Gasteiger partial charge >= 0.3 is 5.97 Å². The lowest BCUT2D eigenvalue weighted by Gasteiger charge is -2.11. The van der Waals surface area contributed by atoms with Crippen LogP contribution in [0.4, 0.5) is 0 Å². The molecule has 5 heteroatoms. The topological polar surface area (TPSA) is 47.6 Å². The summed E-state index contributed by atoms with van der Waals surface area (Å²) in [7, 11) is 0. The number of rotatable bonds is 7. The number of ether oxygens (including phenoxy) is 2. The summed E-state index contributed by atoms with van der Waals surface area (Å²) in [4.78, 5) is 11.8. The maximum absolute atomic E-state index is 11.8. The summed E-state index contributed by atoms with van der Waals surface area (Å²) in [5.41, 5.74) is 0.815. The van der Waals surface area contributed by atoms with Gasteiger partial charge in [0.05, 0.1) is 11.4 Å². The smallest absolute Gasteiger partial charge is 0.310 e. The quantitative estimate of drug-likeness (QED) is 0.621. The average molecular weight is 310 g/mol. The SMILES string of the molecule is C=CCOc1ccc(CC(=O)OCC2CCCN2)cc1Cl. The van der Waals surface area contributed by atoms with E-state index < -0.39 is 0 Å². The van der Waals surface area contributed by atoms with Crippen molar-refractivity contribution in [1.29, 1.82) is 0 Å².